The first-order valence-electron chi connectivity index (χ1n) is 9.91. The number of benzene rings is 1. The zero-order valence-electron chi connectivity index (χ0n) is 17.8. The van der Waals surface area contributed by atoms with Crippen molar-refractivity contribution in [2.75, 3.05) is 17.7 Å². The zero-order chi connectivity index (χ0) is 23.1. The highest BCUT2D eigenvalue weighted by atomic mass is 32.2. The van der Waals surface area contributed by atoms with Crippen LogP contribution in [0.5, 0.6) is 11.5 Å². The van der Waals surface area contributed by atoms with Crippen molar-refractivity contribution in [1.29, 1.82) is 0 Å². The summed E-state index contributed by atoms with van der Waals surface area (Å²) in [6, 6.07) is 6.03. The minimum Gasteiger partial charge on any atom is -0.490 e. The molecule has 1 amide bonds. The second-order valence-corrected chi connectivity index (χ2v) is 7.46. The summed E-state index contributed by atoms with van der Waals surface area (Å²) in [4.78, 5) is 21.1. The van der Waals surface area contributed by atoms with E-state index in [-0.39, 0.29) is 29.8 Å². The summed E-state index contributed by atoms with van der Waals surface area (Å²) in [5.41, 5.74) is 2.91. The first-order chi connectivity index (χ1) is 15.4. The summed E-state index contributed by atoms with van der Waals surface area (Å²) in [7, 11) is 0. The fourth-order valence-corrected chi connectivity index (χ4v) is 3.50. The molecule has 0 unspecified atom stereocenters. The van der Waals surface area contributed by atoms with E-state index in [0.29, 0.717) is 10.8 Å². The lowest BCUT2D eigenvalue weighted by molar-refractivity contribution is -0.113. The Balaban J connectivity index is 1.64. The van der Waals surface area contributed by atoms with E-state index in [0.717, 1.165) is 23.5 Å². The van der Waals surface area contributed by atoms with E-state index < -0.39 is 6.61 Å². The van der Waals surface area contributed by atoms with Gasteiger partial charge in [0.05, 0.1) is 23.7 Å². The van der Waals surface area contributed by atoms with Crippen LogP contribution in [0.1, 0.15) is 19.5 Å². The number of aromatic nitrogens is 4. The first kappa shape index (κ1) is 23.5. The summed E-state index contributed by atoms with van der Waals surface area (Å²) in [6.07, 6.45) is 3.57. The molecule has 2 heterocycles. The molecule has 2 aromatic heterocycles. The molecule has 8 nitrogen and oxygen atoms in total. The maximum atomic E-state index is 12.5. The lowest BCUT2D eigenvalue weighted by Gasteiger charge is -2.13. The maximum Gasteiger partial charge on any atom is 0.387 e. The Morgan fingerprint density at radius 3 is 2.75 bits per heavy atom. The van der Waals surface area contributed by atoms with Gasteiger partial charge in [-0.2, -0.15) is 13.9 Å². The van der Waals surface area contributed by atoms with Crippen LogP contribution < -0.4 is 14.8 Å². The smallest absolute Gasteiger partial charge is 0.387 e. The van der Waals surface area contributed by atoms with E-state index in [4.69, 9.17) is 4.74 Å². The molecule has 1 N–H and O–H groups in total. The number of thioether (sulfide) groups is 1. The van der Waals surface area contributed by atoms with Gasteiger partial charge in [0.1, 0.15) is 0 Å². The number of aryl methyl sites for hydroxylation is 2. The molecule has 0 fully saturated rings. The van der Waals surface area contributed by atoms with Crippen molar-refractivity contribution in [3.63, 3.8) is 0 Å². The summed E-state index contributed by atoms with van der Waals surface area (Å²) >= 11 is 1.18. The lowest BCUT2D eigenvalue weighted by Crippen LogP contribution is -2.14. The van der Waals surface area contributed by atoms with Gasteiger partial charge in [-0.1, -0.05) is 11.8 Å². The van der Waals surface area contributed by atoms with Crippen molar-refractivity contribution in [2.24, 2.45) is 0 Å². The van der Waals surface area contributed by atoms with Gasteiger partial charge in [0.25, 0.3) is 0 Å². The highest BCUT2D eigenvalue weighted by Gasteiger charge is 2.14. The zero-order valence-corrected chi connectivity index (χ0v) is 18.7. The van der Waals surface area contributed by atoms with Crippen LogP contribution >= 0.6 is 11.8 Å². The van der Waals surface area contributed by atoms with Gasteiger partial charge in [-0.3, -0.25) is 9.48 Å². The molecule has 32 heavy (non-hydrogen) atoms. The van der Waals surface area contributed by atoms with E-state index in [2.05, 4.69) is 25.1 Å². The highest BCUT2D eigenvalue weighted by Crippen LogP contribution is 2.32. The van der Waals surface area contributed by atoms with Gasteiger partial charge >= 0.3 is 6.61 Å². The summed E-state index contributed by atoms with van der Waals surface area (Å²) < 4.78 is 36.6. The molecule has 0 saturated heterocycles. The molecular formula is C21H23F2N5O3S. The number of hydrogen-bond acceptors (Lipinski definition) is 7. The molecule has 3 aromatic rings. The normalized spacial score (nSPS) is 10.9. The van der Waals surface area contributed by atoms with Crippen molar-refractivity contribution in [2.45, 2.75) is 39.1 Å². The molecule has 0 saturated carbocycles. The Labute approximate surface area is 188 Å². The average Bonchev–Trinajstić information content (AvgIpc) is 3.15. The number of ether oxygens (including phenoxy) is 2. The number of carbonyl (C=O) groups excluding carboxylic acids is 1. The number of hydrogen-bond donors (Lipinski definition) is 1. The van der Waals surface area contributed by atoms with Gasteiger partial charge in [-0.15, -0.1) is 0 Å². The summed E-state index contributed by atoms with van der Waals surface area (Å²) in [6.45, 7) is 3.69. The Hall–Kier alpha value is -3.21. The molecule has 0 aliphatic carbocycles. The molecule has 170 valence electrons. The fourth-order valence-electron chi connectivity index (χ4n) is 2.87. The van der Waals surface area contributed by atoms with Gasteiger partial charge in [0.15, 0.2) is 16.7 Å². The monoisotopic (exact) mass is 463 g/mol. The van der Waals surface area contributed by atoms with Crippen LogP contribution in [0, 0.1) is 6.92 Å². The Bertz CT molecular complexity index is 1080. The van der Waals surface area contributed by atoms with Crippen LogP contribution in [-0.4, -0.2) is 44.6 Å². The van der Waals surface area contributed by atoms with E-state index in [1.54, 1.807) is 19.2 Å². The third-order valence-corrected chi connectivity index (χ3v) is 5.12. The van der Waals surface area contributed by atoms with E-state index in [1.165, 1.54) is 30.0 Å². The number of amides is 1. The topological polar surface area (TPSA) is 91.2 Å². The second-order valence-electron chi connectivity index (χ2n) is 6.52. The Morgan fingerprint density at radius 2 is 2.06 bits per heavy atom. The van der Waals surface area contributed by atoms with E-state index >= 15 is 0 Å². The minimum absolute atomic E-state index is 0.0654. The number of anilines is 1. The first-order valence-corrected chi connectivity index (χ1v) is 10.9. The minimum atomic E-state index is -2.97. The summed E-state index contributed by atoms with van der Waals surface area (Å²) in [5.74, 6) is -0.210. The third kappa shape index (κ3) is 6.16. The molecule has 1 aromatic carbocycles. The van der Waals surface area contributed by atoms with Crippen LogP contribution in [-0.2, 0) is 11.3 Å². The summed E-state index contributed by atoms with van der Waals surface area (Å²) in [5, 5.41) is 7.58. The molecule has 3 rings (SSSR count). The predicted molar refractivity (Wildman–Crippen MR) is 117 cm³/mol. The van der Waals surface area contributed by atoms with Crippen LogP contribution in [0.4, 0.5) is 14.5 Å². The van der Waals surface area contributed by atoms with Crippen LogP contribution in [0.3, 0.4) is 0 Å². The molecule has 0 atom stereocenters. The average molecular weight is 464 g/mol. The second kappa shape index (κ2) is 10.9. The van der Waals surface area contributed by atoms with Crippen molar-refractivity contribution in [1.82, 2.24) is 19.7 Å². The highest BCUT2D eigenvalue weighted by molar-refractivity contribution is 7.99. The number of rotatable bonds is 10. The Kier molecular flexibility index (Phi) is 7.98. The third-order valence-electron chi connectivity index (χ3n) is 4.26. The number of alkyl halides is 2. The predicted octanol–water partition coefficient (Wildman–Crippen LogP) is 4.40. The van der Waals surface area contributed by atoms with E-state index in [9.17, 15) is 13.6 Å². The van der Waals surface area contributed by atoms with Gasteiger partial charge < -0.3 is 14.8 Å². The quantitative estimate of drug-likeness (QED) is 0.352. The standard InChI is InChI=1S/C21H23F2N5O3S/c1-4-28-11-15(13(3)27-28)16-8-9-24-21(26-16)32-12-19(29)25-14-6-7-17(31-20(22)23)18(10-14)30-5-2/h6-11,20H,4-5,12H2,1-3H3,(H,25,29). The van der Waals surface area contributed by atoms with Crippen LogP contribution in [0.2, 0.25) is 0 Å². The number of carbonyl (C=O) groups is 1. The largest absolute Gasteiger partial charge is 0.490 e. The van der Waals surface area contributed by atoms with Crippen molar-refractivity contribution >= 4 is 23.4 Å². The van der Waals surface area contributed by atoms with Crippen molar-refractivity contribution < 1.29 is 23.0 Å². The van der Waals surface area contributed by atoms with Gasteiger partial charge in [-0.05, 0) is 39.0 Å². The van der Waals surface area contributed by atoms with E-state index in [1.807, 2.05) is 24.7 Å². The molecule has 0 radical (unpaired) electrons. The molecule has 0 aliphatic rings. The Morgan fingerprint density at radius 1 is 1.25 bits per heavy atom. The fraction of sp³-hybridized carbons (Fsp3) is 0.333. The van der Waals surface area contributed by atoms with Gasteiger partial charge in [-0.25, -0.2) is 9.97 Å². The van der Waals surface area contributed by atoms with Crippen LogP contribution in [0.25, 0.3) is 11.3 Å². The SMILES string of the molecule is CCOc1cc(NC(=O)CSc2nccc(-c3cn(CC)nc3C)n2)ccc1OC(F)F. The lowest BCUT2D eigenvalue weighted by atomic mass is 10.2. The molecule has 0 bridgehead atoms. The van der Waals surface area contributed by atoms with Crippen molar-refractivity contribution in [3.05, 3.63) is 42.4 Å². The number of halogens is 2. The van der Waals surface area contributed by atoms with Crippen molar-refractivity contribution in [3.8, 4) is 22.8 Å². The number of nitrogens with zero attached hydrogens (tertiary/aromatic N) is 4. The number of nitrogens with one attached hydrogen (secondary N) is 1. The molecule has 11 heteroatoms. The van der Waals surface area contributed by atoms with Gasteiger partial charge in [0.2, 0.25) is 5.91 Å². The maximum absolute atomic E-state index is 12.5. The van der Waals surface area contributed by atoms with Gasteiger partial charge in [0, 0.05) is 36.3 Å². The van der Waals surface area contributed by atoms with Crippen LogP contribution in [0.15, 0.2) is 41.8 Å². The molecule has 0 spiro atoms. The molecular weight excluding hydrogens is 440 g/mol. The molecule has 0 aliphatic heterocycles.